The standard InChI is InChI=1S/C5H11N5O2/c6-1-2-10(7)3-4(11)9-5(12)8-3/h11H,1-2,6-7H2,(H2,8,9,12). The Labute approximate surface area is 68.0 Å². The normalized spacial score (nSPS) is 10.2. The van der Waals surface area contributed by atoms with Crippen LogP contribution in [0, 0.1) is 0 Å². The van der Waals surface area contributed by atoms with Gasteiger partial charge in [-0.1, -0.05) is 0 Å². The second-order valence-corrected chi connectivity index (χ2v) is 2.26. The van der Waals surface area contributed by atoms with Crippen molar-refractivity contribution in [3.8, 4) is 5.88 Å². The highest BCUT2D eigenvalue weighted by Crippen LogP contribution is 2.15. The van der Waals surface area contributed by atoms with Crippen LogP contribution in [-0.4, -0.2) is 28.2 Å². The second kappa shape index (κ2) is 3.28. The van der Waals surface area contributed by atoms with E-state index in [2.05, 4.69) is 9.97 Å². The minimum absolute atomic E-state index is 0.144. The highest BCUT2D eigenvalue weighted by atomic mass is 16.3. The van der Waals surface area contributed by atoms with Crippen LogP contribution in [-0.2, 0) is 0 Å². The molecule has 0 saturated heterocycles. The number of aromatic amines is 2. The molecule has 1 aromatic heterocycles. The lowest BCUT2D eigenvalue weighted by molar-refractivity contribution is 0.454. The third kappa shape index (κ3) is 1.57. The molecular formula is C5H11N5O2. The molecule has 1 rings (SSSR count). The molecule has 1 heterocycles. The highest BCUT2D eigenvalue weighted by molar-refractivity contribution is 5.45. The van der Waals surface area contributed by atoms with Gasteiger partial charge in [0, 0.05) is 13.1 Å². The van der Waals surface area contributed by atoms with Gasteiger partial charge in [-0.3, -0.25) is 15.0 Å². The lowest BCUT2D eigenvalue weighted by Crippen LogP contribution is -2.36. The minimum Gasteiger partial charge on any atom is -0.492 e. The third-order valence-electron chi connectivity index (χ3n) is 1.35. The lowest BCUT2D eigenvalue weighted by atomic mass is 10.5. The van der Waals surface area contributed by atoms with Gasteiger partial charge in [-0.2, -0.15) is 0 Å². The molecule has 0 aliphatic carbocycles. The Bertz CT molecular complexity index is 303. The summed E-state index contributed by atoms with van der Waals surface area (Å²) in [5, 5.41) is 10.2. The summed E-state index contributed by atoms with van der Waals surface area (Å²) < 4.78 is 0. The number of nitrogens with one attached hydrogen (secondary N) is 2. The molecule has 1 aromatic rings. The fourth-order valence-corrected chi connectivity index (χ4v) is 0.823. The number of H-pyrrole nitrogens is 2. The molecule has 0 aromatic carbocycles. The Kier molecular flexibility index (Phi) is 2.36. The predicted octanol–water partition coefficient (Wildman–Crippen LogP) is -1.95. The van der Waals surface area contributed by atoms with Gasteiger partial charge in [-0.25, -0.2) is 10.6 Å². The maximum atomic E-state index is 10.6. The fourth-order valence-electron chi connectivity index (χ4n) is 0.823. The zero-order valence-corrected chi connectivity index (χ0v) is 6.37. The summed E-state index contributed by atoms with van der Waals surface area (Å²) in [4.78, 5) is 15.1. The van der Waals surface area contributed by atoms with Gasteiger partial charge in [0.15, 0.2) is 5.82 Å². The van der Waals surface area contributed by atoms with Crippen molar-refractivity contribution in [2.45, 2.75) is 0 Å². The van der Waals surface area contributed by atoms with Crippen LogP contribution in [0.2, 0.25) is 0 Å². The number of hydrogen-bond acceptors (Lipinski definition) is 5. The maximum Gasteiger partial charge on any atom is 0.327 e. The van der Waals surface area contributed by atoms with Gasteiger partial charge in [-0.15, -0.1) is 0 Å². The van der Waals surface area contributed by atoms with Crippen molar-refractivity contribution in [3.63, 3.8) is 0 Å². The molecular weight excluding hydrogens is 162 g/mol. The number of imidazole rings is 1. The number of hydrogen-bond donors (Lipinski definition) is 5. The van der Waals surface area contributed by atoms with Crippen molar-refractivity contribution < 1.29 is 5.11 Å². The lowest BCUT2D eigenvalue weighted by Gasteiger charge is -2.14. The summed E-state index contributed by atoms with van der Waals surface area (Å²) >= 11 is 0. The average molecular weight is 173 g/mol. The minimum atomic E-state index is -0.505. The van der Waals surface area contributed by atoms with Crippen LogP contribution in [0.1, 0.15) is 0 Å². The molecule has 7 heteroatoms. The second-order valence-electron chi connectivity index (χ2n) is 2.26. The number of nitrogens with two attached hydrogens (primary N) is 2. The zero-order valence-electron chi connectivity index (χ0n) is 6.37. The van der Waals surface area contributed by atoms with E-state index in [4.69, 9.17) is 16.7 Å². The topological polar surface area (TPSA) is 124 Å². The Morgan fingerprint density at radius 1 is 1.50 bits per heavy atom. The van der Waals surface area contributed by atoms with Gasteiger partial charge in [0.25, 0.3) is 0 Å². The summed E-state index contributed by atoms with van der Waals surface area (Å²) in [7, 11) is 0. The number of hydrazine groups is 1. The summed E-state index contributed by atoms with van der Waals surface area (Å²) in [6.07, 6.45) is 0. The third-order valence-corrected chi connectivity index (χ3v) is 1.35. The first kappa shape index (κ1) is 8.62. The van der Waals surface area contributed by atoms with Crippen molar-refractivity contribution in [3.05, 3.63) is 10.5 Å². The van der Waals surface area contributed by atoms with E-state index in [-0.39, 0.29) is 11.7 Å². The fraction of sp³-hybridized carbons (Fsp3) is 0.400. The van der Waals surface area contributed by atoms with E-state index in [1.165, 1.54) is 0 Å². The average Bonchev–Trinajstić information content (AvgIpc) is 2.30. The van der Waals surface area contributed by atoms with E-state index in [0.29, 0.717) is 13.1 Å². The van der Waals surface area contributed by atoms with Gasteiger partial charge in [-0.05, 0) is 0 Å². The van der Waals surface area contributed by atoms with Crippen LogP contribution >= 0.6 is 0 Å². The number of rotatable bonds is 3. The van der Waals surface area contributed by atoms with Gasteiger partial charge >= 0.3 is 5.69 Å². The van der Waals surface area contributed by atoms with Crippen LogP contribution in [0.4, 0.5) is 5.82 Å². The molecule has 12 heavy (non-hydrogen) atoms. The van der Waals surface area contributed by atoms with Crippen LogP contribution < -0.4 is 22.3 Å². The Balaban J connectivity index is 2.86. The van der Waals surface area contributed by atoms with Crippen molar-refractivity contribution in [2.24, 2.45) is 11.6 Å². The molecule has 7 nitrogen and oxygen atoms in total. The highest BCUT2D eigenvalue weighted by Gasteiger charge is 2.09. The van der Waals surface area contributed by atoms with E-state index in [0.717, 1.165) is 5.01 Å². The van der Waals surface area contributed by atoms with Crippen molar-refractivity contribution >= 4 is 5.82 Å². The van der Waals surface area contributed by atoms with Crippen LogP contribution in [0.15, 0.2) is 4.79 Å². The van der Waals surface area contributed by atoms with Gasteiger partial charge in [0.1, 0.15) is 0 Å². The van der Waals surface area contributed by atoms with E-state index in [9.17, 15) is 4.79 Å². The Morgan fingerprint density at radius 2 is 2.17 bits per heavy atom. The predicted molar refractivity (Wildman–Crippen MR) is 43.7 cm³/mol. The molecule has 68 valence electrons. The van der Waals surface area contributed by atoms with Gasteiger partial charge in [0.05, 0.1) is 0 Å². The SMILES string of the molecule is NCCN(N)c1[nH]c(=O)[nH]c1O. The summed E-state index contributed by atoms with van der Waals surface area (Å²) in [6, 6.07) is 0. The monoisotopic (exact) mass is 173 g/mol. The molecule has 0 amide bonds. The summed E-state index contributed by atoms with van der Waals surface area (Å²) in [5.41, 5.74) is 4.71. The number of nitrogens with zero attached hydrogens (tertiary/aromatic N) is 1. The van der Waals surface area contributed by atoms with Crippen molar-refractivity contribution in [1.29, 1.82) is 0 Å². The first-order valence-electron chi connectivity index (χ1n) is 3.38. The molecule has 0 aliphatic rings. The van der Waals surface area contributed by atoms with Crippen LogP contribution in [0.5, 0.6) is 5.88 Å². The van der Waals surface area contributed by atoms with E-state index in [1.807, 2.05) is 0 Å². The Morgan fingerprint density at radius 3 is 2.58 bits per heavy atom. The first-order valence-corrected chi connectivity index (χ1v) is 3.38. The maximum absolute atomic E-state index is 10.6. The largest absolute Gasteiger partial charge is 0.492 e. The molecule has 7 N–H and O–H groups in total. The molecule has 0 radical (unpaired) electrons. The van der Waals surface area contributed by atoms with Gasteiger partial charge in [0.2, 0.25) is 5.88 Å². The molecule has 0 saturated carbocycles. The number of aromatic hydroxyl groups is 1. The van der Waals surface area contributed by atoms with E-state index in [1.54, 1.807) is 0 Å². The quantitative estimate of drug-likeness (QED) is 0.268. The van der Waals surface area contributed by atoms with E-state index < -0.39 is 5.69 Å². The van der Waals surface area contributed by atoms with Crippen molar-refractivity contribution in [1.82, 2.24) is 9.97 Å². The molecule has 0 atom stereocenters. The number of anilines is 1. The van der Waals surface area contributed by atoms with Crippen LogP contribution in [0.25, 0.3) is 0 Å². The summed E-state index contributed by atoms with van der Waals surface area (Å²) in [6.45, 7) is 0.685. The number of aromatic nitrogens is 2. The molecule has 0 spiro atoms. The molecule has 0 fully saturated rings. The first-order chi connectivity index (χ1) is 5.65. The summed E-state index contributed by atoms with van der Waals surface area (Å²) in [5.74, 6) is 5.29. The molecule has 0 bridgehead atoms. The van der Waals surface area contributed by atoms with E-state index >= 15 is 0 Å². The Hall–Kier alpha value is -1.47. The molecule has 0 aliphatic heterocycles. The zero-order chi connectivity index (χ0) is 9.14. The van der Waals surface area contributed by atoms with Crippen molar-refractivity contribution in [2.75, 3.05) is 18.1 Å². The smallest absolute Gasteiger partial charge is 0.327 e. The molecule has 0 unspecified atom stereocenters. The van der Waals surface area contributed by atoms with Crippen LogP contribution in [0.3, 0.4) is 0 Å². The van der Waals surface area contributed by atoms with Gasteiger partial charge < -0.3 is 10.8 Å².